The highest BCUT2D eigenvalue weighted by Gasteiger charge is 2.19. The Morgan fingerprint density at radius 3 is 2.73 bits per heavy atom. The van der Waals surface area contributed by atoms with E-state index in [4.69, 9.17) is 5.11 Å². The number of aryl methyl sites for hydroxylation is 1. The second kappa shape index (κ2) is 4.59. The molecule has 82 valence electrons. The highest BCUT2D eigenvalue weighted by atomic mass is 16.4. The van der Waals surface area contributed by atoms with Crippen LogP contribution in [0.3, 0.4) is 0 Å². The van der Waals surface area contributed by atoms with Crippen LogP contribution in [0.2, 0.25) is 0 Å². The van der Waals surface area contributed by atoms with Crippen LogP contribution in [0.15, 0.2) is 12.5 Å². The first kappa shape index (κ1) is 11.2. The molecule has 6 nitrogen and oxygen atoms in total. The molecule has 1 amide bonds. The van der Waals surface area contributed by atoms with Crippen LogP contribution in [-0.2, 0) is 11.8 Å². The van der Waals surface area contributed by atoms with E-state index in [0.717, 1.165) is 0 Å². The number of carboxylic acid groups (broad SMARTS) is 1. The Bertz CT molecular complexity index is 372. The van der Waals surface area contributed by atoms with Gasteiger partial charge in [-0.3, -0.25) is 4.79 Å². The molecule has 0 aliphatic rings. The molecule has 0 aromatic carbocycles. The molecule has 1 rings (SSSR count). The predicted octanol–water partition coefficient (Wildman–Crippen LogP) is 0.0131. The molecular formula is C9H13N3O3. The molecule has 6 heteroatoms. The molecule has 1 aromatic heterocycles. The zero-order valence-electron chi connectivity index (χ0n) is 8.60. The average molecular weight is 211 g/mol. The summed E-state index contributed by atoms with van der Waals surface area (Å²) >= 11 is 0. The summed E-state index contributed by atoms with van der Waals surface area (Å²) in [7, 11) is 1.73. The van der Waals surface area contributed by atoms with Crippen LogP contribution in [0, 0.1) is 0 Å². The van der Waals surface area contributed by atoms with Crippen LogP contribution in [0.5, 0.6) is 0 Å². The maximum absolute atomic E-state index is 11.5. The topological polar surface area (TPSA) is 84.2 Å². The van der Waals surface area contributed by atoms with Gasteiger partial charge in [0, 0.05) is 13.2 Å². The van der Waals surface area contributed by atoms with Gasteiger partial charge in [-0.05, 0) is 6.42 Å². The number of aromatic nitrogens is 2. The lowest BCUT2D eigenvalue weighted by atomic mass is 10.2. The normalized spacial score (nSPS) is 12.1. The highest BCUT2D eigenvalue weighted by molar-refractivity contribution is 5.94. The van der Waals surface area contributed by atoms with Crippen molar-refractivity contribution in [2.75, 3.05) is 0 Å². The Morgan fingerprint density at radius 2 is 2.33 bits per heavy atom. The number of imidazole rings is 1. The van der Waals surface area contributed by atoms with Crippen molar-refractivity contribution in [1.29, 1.82) is 0 Å². The molecule has 1 heterocycles. The number of carbonyl (C=O) groups excluding carboxylic acids is 1. The summed E-state index contributed by atoms with van der Waals surface area (Å²) in [4.78, 5) is 26.0. The van der Waals surface area contributed by atoms with Crippen molar-refractivity contribution in [3.8, 4) is 0 Å². The minimum absolute atomic E-state index is 0.220. The predicted molar refractivity (Wildman–Crippen MR) is 52.4 cm³/mol. The quantitative estimate of drug-likeness (QED) is 0.735. The average Bonchev–Trinajstić information content (AvgIpc) is 2.60. The van der Waals surface area contributed by atoms with Gasteiger partial charge in [0.25, 0.3) is 5.91 Å². The number of carboxylic acids is 1. The van der Waals surface area contributed by atoms with Gasteiger partial charge >= 0.3 is 5.97 Å². The van der Waals surface area contributed by atoms with Gasteiger partial charge in [-0.25, -0.2) is 9.78 Å². The lowest BCUT2D eigenvalue weighted by Crippen LogP contribution is -2.40. The number of carbonyl (C=O) groups is 2. The third kappa shape index (κ3) is 2.80. The minimum Gasteiger partial charge on any atom is -0.480 e. The molecule has 0 fully saturated rings. The summed E-state index contributed by atoms with van der Waals surface area (Å²) in [5.74, 6) is -1.51. The monoisotopic (exact) mass is 211 g/mol. The van der Waals surface area contributed by atoms with E-state index in [2.05, 4.69) is 10.3 Å². The Balaban J connectivity index is 2.66. The van der Waals surface area contributed by atoms with Gasteiger partial charge in [-0.15, -0.1) is 0 Å². The van der Waals surface area contributed by atoms with E-state index in [1.54, 1.807) is 18.5 Å². The van der Waals surface area contributed by atoms with E-state index >= 15 is 0 Å². The fraction of sp³-hybridized carbons (Fsp3) is 0.444. The zero-order valence-corrected chi connectivity index (χ0v) is 8.60. The number of hydrogen-bond acceptors (Lipinski definition) is 3. The van der Waals surface area contributed by atoms with Crippen LogP contribution in [0.1, 0.15) is 23.8 Å². The molecule has 1 aromatic rings. The lowest BCUT2D eigenvalue weighted by molar-refractivity contribution is -0.139. The first-order valence-corrected chi connectivity index (χ1v) is 4.56. The summed E-state index contributed by atoms with van der Waals surface area (Å²) in [6, 6.07) is -0.862. The first-order chi connectivity index (χ1) is 7.04. The van der Waals surface area contributed by atoms with E-state index in [0.29, 0.717) is 6.42 Å². The van der Waals surface area contributed by atoms with E-state index in [1.807, 2.05) is 0 Å². The molecule has 15 heavy (non-hydrogen) atoms. The minimum atomic E-state index is -1.04. The van der Waals surface area contributed by atoms with Crippen molar-refractivity contribution < 1.29 is 14.7 Å². The van der Waals surface area contributed by atoms with E-state index in [-0.39, 0.29) is 5.69 Å². The fourth-order valence-electron chi connectivity index (χ4n) is 1.10. The molecule has 0 radical (unpaired) electrons. The summed E-state index contributed by atoms with van der Waals surface area (Å²) in [6.45, 7) is 1.69. The number of rotatable bonds is 4. The maximum Gasteiger partial charge on any atom is 0.326 e. The van der Waals surface area contributed by atoms with Gasteiger partial charge in [0.05, 0.1) is 6.33 Å². The second-order valence-corrected chi connectivity index (χ2v) is 3.20. The standard InChI is InChI=1S/C9H13N3O3/c1-3-6(9(14)15)11-8(13)7-4-12(2)5-10-7/h4-6H,3H2,1-2H3,(H,11,13)(H,14,15)/t6-/m0/s1. The zero-order chi connectivity index (χ0) is 11.4. The third-order valence-corrected chi connectivity index (χ3v) is 1.95. The summed E-state index contributed by atoms with van der Waals surface area (Å²) < 4.78 is 1.62. The molecule has 0 unspecified atom stereocenters. The molecular weight excluding hydrogens is 198 g/mol. The smallest absolute Gasteiger partial charge is 0.326 e. The van der Waals surface area contributed by atoms with Crippen molar-refractivity contribution in [2.24, 2.45) is 7.05 Å². The lowest BCUT2D eigenvalue weighted by Gasteiger charge is -2.10. The van der Waals surface area contributed by atoms with Crippen molar-refractivity contribution >= 4 is 11.9 Å². The van der Waals surface area contributed by atoms with E-state index in [9.17, 15) is 9.59 Å². The van der Waals surface area contributed by atoms with Gasteiger partial charge in [-0.1, -0.05) is 6.92 Å². The Labute approximate surface area is 86.9 Å². The summed E-state index contributed by atoms with van der Waals surface area (Å²) in [5, 5.41) is 11.1. The van der Waals surface area contributed by atoms with Crippen LogP contribution < -0.4 is 5.32 Å². The first-order valence-electron chi connectivity index (χ1n) is 4.56. The highest BCUT2D eigenvalue weighted by Crippen LogP contribution is 1.97. The van der Waals surface area contributed by atoms with Gasteiger partial charge in [0.15, 0.2) is 0 Å². The van der Waals surface area contributed by atoms with Crippen molar-refractivity contribution in [3.05, 3.63) is 18.2 Å². The van der Waals surface area contributed by atoms with Crippen LogP contribution in [0.25, 0.3) is 0 Å². The molecule has 0 spiro atoms. The van der Waals surface area contributed by atoms with Crippen molar-refractivity contribution in [3.63, 3.8) is 0 Å². The molecule has 0 bridgehead atoms. The SMILES string of the molecule is CC[C@H](NC(=O)c1cn(C)cn1)C(=O)O. The van der Waals surface area contributed by atoms with Crippen molar-refractivity contribution in [2.45, 2.75) is 19.4 Å². The molecule has 0 saturated carbocycles. The molecule has 0 saturated heterocycles. The number of nitrogens with one attached hydrogen (secondary N) is 1. The number of nitrogens with zero attached hydrogens (tertiary/aromatic N) is 2. The maximum atomic E-state index is 11.5. The summed E-state index contributed by atoms with van der Waals surface area (Å²) in [5.41, 5.74) is 0.220. The molecule has 0 aliphatic carbocycles. The van der Waals surface area contributed by atoms with E-state index < -0.39 is 17.9 Å². The third-order valence-electron chi connectivity index (χ3n) is 1.95. The van der Waals surface area contributed by atoms with Crippen molar-refractivity contribution in [1.82, 2.24) is 14.9 Å². The van der Waals surface area contributed by atoms with Gasteiger partial charge in [0.1, 0.15) is 11.7 Å². The van der Waals surface area contributed by atoms with Crippen LogP contribution >= 0.6 is 0 Å². The number of aliphatic carboxylic acids is 1. The number of amides is 1. The van der Waals surface area contributed by atoms with Crippen LogP contribution in [0.4, 0.5) is 0 Å². The molecule has 2 N–H and O–H groups in total. The molecule has 1 atom stereocenters. The van der Waals surface area contributed by atoms with Gasteiger partial charge in [0.2, 0.25) is 0 Å². The Hall–Kier alpha value is -1.85. The van der Waals surface area contributed by atoms with Gasteiger partial charge < -0.3 is 15.0 Å². The largest absolute Gasteiger partial charge is 0.480 e. The Kier molecular flexibility index (Phi) is 3.43. The van der Waals surface area contributed by atoms with E-state index in [1.165, 1.54) is 12.5 Å². The Morgan fingerprint density at radius 1 is 1.67 bits per heavy atom. The fourth-order valence-corrected chi connectivity index (χ4v) is 1.10. The molecule has 0 aliphatic heterocycles. The van der Waals surface area contributed by atoms with Crippen LogP contribution in [-0.4, -0.2) is 32.6 Å². The summed E-state index contributed by atoms with van der Waals surface area (Å²) in [6.07, 6.45) is 3.36. The van der Waals surface area contributed by atoms with Gasteiger partial charge in [-0.2, -0.15) is 0 Å². The second-order valence-electron chi connectivity index (χ2n) is 3.20. The number of hydrogen-bond donors (Lipinski definition) is 2.